The summed E-state index contributed by atoms with van der Waals surface area (Å²) in [6.07, 6.45) is 2.45. The fraction of sp³-hybridized carbons (Fsp3) is 0.250. The van der Waals surface area contributed by atoms with E-state index in [0.29, 0.717) is 6.04 Å². The van der Waals surface area contributed by atoms with Gasteiger partial charge in [0.15, 0.2) is 0 Å². The first kappa shape index (κ1) is 14.0. The number of hydrogen-bond acceptors (Lipinski definition) is 1. The molecule has 3 rings (SSSR count). The Hall–Kier alpha value is -1.38. The van der Waals surface area contributed by atoms with Crippen molar-refractivity contribution in [2.24, 2.45) is 0 Å². The van der Waals surface area contributed by atoms with Crippen molar-refractivity contribution in [1.82, 2.24) is 5.32 Å². The van der Waals surface area contributed by atoms with Gasteiger partial charge in [0.05, 0.1) is 0 Å². The fourth-order valence-corrected chi connectivity index (χ4v) is 2.54. The summed E-state index contributed by atoms with van der Waals surface area (Å²) in [4.78, 5) is 0. The number of hydrogen-bond donors (Lipinski definition) is 1. The van der Waals surface area contributed by atoms with Crippen LogP contribution in [0.1, 0.15) is 24.4 Å². The third kappa shape index (κ3) is 3.14. The predicted octanol–water partition coefficient (Wildman–Crippen LogP) is 4.34. The Morgan fingerprint density at radius 3 is 2.42 bits per heavy atom. The van der Waals surface area contributed by atoms with E-state index in [9.17, 15) is 4.39 Å². The molecule has 1 heterocycles. The molecule has 0 bridgehead atoms. The minimum absolute atomic E-state index is 0. The molecule has 0 aromatic heterocycles. The molecule has 1 aliphatic rings. The average Bonchev–Trinajstić information content (AvgIpc) is 2.93. The van der Waals surface area contributed by atoms with Gasteiger partial charge in [0.1, 0.15) is 5.82 Å². The summed E-state index contributed by atoms with van der Waals surface area (Å²) in [7, 11) is 0. The predicted molar refractivity (Wildman–Crippen MR) is 79.1 cm³/mol. The van der Waals surface area contributed by atoms with Crippen LogP contribution < -0.4 is 5.32 Å². The molecule has 1 saturated heterocycles. The second kappa shape index (κ2) is 6.18. The van der Waals surface area contributed by atoms with Crippen molar-refractivity contribution in [1.29, 1.82) is 0 Å². The summed E-state index contributed by atoms with van der Waals surface area (Å²) >= 11 is 0. The van der Waals surface area contributed by atoms with Crippen LogP contribution >= 0.6 is 12.4 Å². The molecule has 19 heavy (non-hydrogen) atoms. The largest absolute Gasteiger partial charge is 0.310 e. The van der Waals surface area contributed by atoms with E-state index in [4.69, 9.17) is 0 Å². The highest BCUT2D eigenvalue weighted by Gasteiger charge is 2.15. The van der Waals surface area contributed by atoms with E-state index in [1.165, 1.54) is 24.5 Å². The van der Waals surface area contributed by atoms with Crippen molar-refractivity contribution < 1.29 is 4.39 Å². The van der Waals surface area contributed by atoms with Gasteiger partial charge in [-0.1, -0.05) is 36.4 Å². The second-order valence-electron chi connectivity index (χ2n) is 4.78. The van der Waals surface area contributed by atoms with Gasteiger partial charge >= 0.3 is 0 Å². The van der Waals surface area contributed by atoms with Crippen LogP contribution in [0.15, 0.2) is 48.5 Å². The number of nitrogens with one attached hydrogen (secondary N) is 1. The molecule has 1 fully saturated rings. The molecule has 2 aromatic rings. The minimum atomic E-state index is -0.186. The summed E-state index contributed by atoms with van der Waals surface area (Å²) in [6, 6.07) is 15.7. The molecule has 0 amide bonds. The van der Waals surface area contributed by atoms with E-state index in [-0.39, 0.29) is 18.2 Å². The normalized spacial score (nSPS) is 18.1. The van der Waals surface area contributed by atoms with Crippen LogP contribution in [0.3, 0.4) is 0 Å². The number of halogens is 2. The van der Waals surface area contributed by atoms with Crippen LogP contribution in [0.4, 0.5) is 4.39 Å². The lowest BCUT2D eigenvalue weighted by molar-refractivity contribution is 0.628. The summed E-state index contributed by atoms with van der Waals surface area (Å²) in [5.41, 5.74) is 3.32. The highest BCUT2D eigenvalue weighted by molar-refractivity contribution is 5.85. The van der Waals surface area contributed by atoms with Gasteiger partial charge < -0.3 is 5.32 Å². The zero-order chi connectivity index (χ0) is 12.4. The van der Waals surface area contributed by atoms with Crippen LogP contribution in [0, 0.1) is 5.82 Å². The Balaban J connectivity index is 0.00000133. The van der Waals surface area contributed by atoms with Crippen molar-refractivity contribution in [3.8, 4) is 11.1 Å². The summed E-state index contributed by atoms with van der Waals surface area (Å²) in [6.45, 7) is 1.11. The van der Waals surface area contributed by atoms with Crippen molar-refractivity contribution >= 4 is 12.4 Å². The Bertz CT molecular complexity index is 533. The molecule has 0 spiro atoms. The zero-order valence-electron chi connectivity index (χ0n) is 10.6. The van der Waals surface area contributed by atoms with Crippen LogP contribution in [0.5, 0.6) is 0 Å². The van der Waals surface area contributed by atoms with Gasteiger partial charge in [0.2, 0.25) is 0 Å². The smallest absolute Gasteiger partial charge is 0.123 e. The first-order valence-corrected chi connectivity index (χ1v) is 6.42. The molecule has 2 aromatic carbocycles. The first-order chi connectivity index (χ1) is 8.83. The lowest BCUT2D eigenvalue weighted by atomic mass is 10.00. The third-order valence-electron chi connectivity index (χ3n) is 3.53. The minimum Gasteiger partial charge on any atom is -0.310 e. The maximum Gasteiger partial charge on any atom is 0.123 e. The summed E-state index contributed by atoms with van der Waals surface area (Å²) < 4.78 is 13.2. The van der Waals surface area contributed by atoms with Gasteiger partial charge in [0, 0.05) is 6.04 Å². The highest BCUT2D eigenvalue weighted by atomic mass is 35.5. The van der Waals surface area contributed by atoms with E-state index in [2.05, 4.69) is 29.6 Å². The molecule has 1 atom stereocenters. The lowest BCUT2D eigenvalue weighted by Crippen LogP contribution is -2.12. The van der Waals surface area contributed by atoms with Gasteiger partial charge in [0.25, 0.3) is 0 Å². The quantitative estimate of drug-likeness (QED) is 0.861. The Morgan fingerprint density at radius 1 is 1.00 bits per heavy atom. The molecular formula is C16H17ClFN. The van der Waals surface area contributed by atoms with Gasteiger partial charge in [-0.05, 0) is 48.2 Å². The molecule has 0 saturated carbocycles. The average molecular weight is 278 g/mol. The molecule has 3 heteroatoms. The summed E-state index contributed by atoms with van der Waals surface area (Å²) in [5.74, 6) is -0.186. The molecular weight excluding hydrogens is 261 g/mol. The van der Waals surface area contributed by atoms with Gasteiger partial charge in [-0.15, -0.1) is 12.4 Å². The zero-order valence-corrected chi connectivity index (χ0v) is 11.4. The molecule has 0 radical (unpaired) electrons. The van der Waals surface area contributed by atoms with E-state index in [1.54, 1.807) is 12.1 Å². The molecule has 100 valence electrons. The Kier molecular flexibility index (Phi) is 4.56. The lowest BCUT2D eigenvalue weighted by Gasteiger charge is -2.11. The van der Waals surface area contributed by atoms with Gasteiger partial charge in [-0.2, -0.15) is 0 Å². The number of rotatable bonds is 2. The standard InChI is InChI=1S/C16H16FN.ClH/c17-15-4-1-3-14(11-15)12-6-8-13(9-7-12)16-5-2-10-18-16;/h1,3-4,6-9,11,16,18H,2,5,10H2;1H. The Labute approximate surface area is 119 Å². The molecule has 0 aliphatic carbocycles. The maximum absolute atomic E-state index is 13.2. The van der Waals surface area contributed by atoms with E-state index >= 15 is 0 Å². The SMILES string of the molecule is Cl.Fc1cccc(-c2ccc(C3CCCN3)cc2)c1. The topological polar surface area (TPSA) is 12.0 Å². The van der Waals surface area contributed by atoms with Crippen molar-refractivity contribution in [3.05, 3.63) is 59.9 Å². The highest BCUT2D eigenvalue weighted by Crippen LogP contribution is 2.26. The Morgan fingerprint density at radius 2 is 1.79 bits per heavy atom. The first-order valence-electron chi connectivity index (χ1n) is 6.42. The molecule has 1 nitrogen and oxygen atoms in total. The molecule has 1 aliphatic heterocycles. The monoisotopic (exact) mass is 277 g/mol. The number of benzene rings is 2. The third-order valence-corrected chi connectivity index (χ3v) is 3.53. The van der Waals surface area contributed by atoms with Gasteiger partial charge in [-0.25, -0.2) is 4.39 Å². The van der Waals surface area contributed by atoms with E-state index in [0.717, 1.165) is 17.7 Å². The fourth-order valence-electron chi connectivity index (χ4n) is 2.54. The van der Waals surface area contributed by atoms with Crippen LogP contribution in [-0.2, 0) is 0 Å². The second-order valence-corrected chi connectivity index (χ2v) is 4.78. The molecule has 1 unspecified atom stereocenters. The van der Waals surface area contributed by atoms with E-state index in [1.807, 2.05) is 6.07 Å². The van der Waals surface area contributed by atoms with Crippen LogP contribution in [0.2, 0.25) is 0 Å². The van der Waals surface area contributed by atoms with Crippen LogP contribution in [-0.4, -0.2) is 6.54 Å². The van der Waals surface area contributed by atoms with Gasteiger partial charge in [-0.3, -0.25) is 0 Å². The van der Waals surface area contributed by atoms with Crippen molar-refractivity contribution in [3.63, 3.8) is 0 Å². The summed E-state index contributed by atoms with van der Waals surface area (Å²) in [5, 5.41) is 3.48. The van der Waals surface area contributed by atoms with Crippen LogP contribution in [0.25, 0.3) is 11.1 Å². The maximum atomic E-state index is 13.2. The van der Waals surface area contributed by atoms with E-state index < -0.39 is 0 Å². The van der Waals surface area contributed by atoms with Crippen molar-refractivity contribution in [2.75, 3.05) is 6.54 Å². The molecule has 1 N–H and O–H groups in total. The van der Waals surface area contributed by atoms with Crippen molar-refractivity contribution in [2.45, 2.75) is 18.9 Å².